The Hall–Kier alpha value is -0.570. The molecule has 2 atom stereocenters. The molecule has 3 heteroatoms. The average Bonchev–Trinajstić information content (AvgIpc) is 2.03. The molecule has 0 aliphatic heterocycles. The first-order valence-corrected chi connectivity index (χ1v) is 5.08. The van der Waals surface area contributed by atoms with Crippen molar-refractivity contribution in [2.75, 3.05) is 0 Å². The molecule has 2 unspecified atom stereocenters. The van der Waals surface area contributed by atoms with Gasteiger partial charge in [-0.1, -0.05) is 20.3 Å². The fourth-order valence-corrected chi connectivity index (χ4v) is 2.04. The number of hydrogen-bond acceptors (Lipinski definition) is 2. The SMILES string of the molecule is CC(C)NC1CCCC(C(=O)O)C1. The fourth-order valence-electron chi connectivity index (χ4n) is 2.04. The standard InChI is InChI=1S/C10H19NO2/c1-7(2)11-9-5-3-4-8(6-9)10(12)13/h7-9,11H,3-6H2,1-2H3,(H,12,13). The summed E-state index contributed by atoms with van der Waals surface area (Å²) in [4.78, 5) is 10.8. The Labute approximate surface area is 79.5 Å². The van der Waals surface area contributed by atoms with E-state index in [0.29, 0.717) is 12.1 Å². The van der Waals surface area contributed by atoms with Gasteiger partial charge in [-0.3, -0.25) is 4.79 Å². The maximum absolute atomic E-state index is 10.8. The Morgan fingerprint density at radius 1 is 1.46 bits per heavy atom. The molecular formula is C10H19NO2. The van der Waals surface area contributed by atoms with Gasteiger partial charge in [0.15, 0.2) is 0 Å². The molecule has 0 heterocycles. The lowest BCUT2D eigenvalue weighted by Crippen LogP contribution is -2.39. The molecule has 1 fully saturated rings. The number of nitrogens with one attached hydrogen (secondary N) is 1. The Balaban J connectivity index is 2.37. The molecule has 0 aromatic rings. The first kappa shape index (κ1) is 10.5. The second kappa shape index (κ2) is 4.61. The minimum atomic E-state index is -0.629. The van der Waals surface area contributed by atoms with E-state index < -0.39 is 5.97 Å². The zero-order valence-corrected chi connectivity index (χ0v) is 8.42. The summed E-state index contributed by atoms with van der Waals surface area (Å²) in [6.07, 6.45) is 3.82. The van der Waals surface area contributed by atoms with Gasteiger partial charge < -0.3 is 10.4 Å². The van der Waals surface area contributed by atoms with Crippen LogP contribution in [0.25, 0.3) is 0 Å². The zero-order valence-electron chi connectivity index (χ0n) is 8.42. The summed E-state index contributed by atoms with van der Waals surface area (Å²) in [6, 6.07) is 0.868. The van der Waals surface area contributed by atoms with Crippen LogP contribution in [0.3, 0.4) is 0 Å². The van der Waals surface area contributed by atoms with Gasteiger partial charge in [-0.2, -0.15) is 0 Å². The third-order valence-corrected chi connectivity index (χ3v) is 2.59. The summed E-state index contributed by atoms with van der Waals surface area (Å²) in [7, 11) is 0. The number of hydrogen-bond donors (Lipinski definition) is 2. The van der Waals surface area contributed by atoms with E-state index in [1.165, 1.54) is 0 Å². The number of aliphatic carboxylic acids is 1. The summed E-state index contributed by atoms with van der Waals surface area (Å²) in [6.45, 7) is 4.20. The Morgan fingerprint density at radius 2 is 2.15 bits per heavy atom. The molecule has 1 aliphatic rings. The molecule has 1 rings (SSSR count). The first-order valence-electron chi connectivity index (χ1n) is 5.08. The number of carbonyl (C=O) groups is 1. The molecular weight excluding hydrogens is 166 g/mol. The Kier molecular flexibility index (Phi) is 3.72. The summed E-state index contributed by atoms with van der Waals surface area (Å²) < 4.78 is 0. The molecule has 0 radical (unpaired) electrons. The normalized spacial score (nSPS) is 29.2. The van der Waals surface area contributed by atoms with Crippen molar-refractivity contribution >= 4 is 5.97 Å². The van der Waals surface area contributed by atoms with Crippen molar-refractivity contribution in [1.82, 2.24) is 5.32 Å². The molecule has 0 aromatic carbocycles. The summed E-state index contributed by atoms with van der Waals surface area (Å²) in [5.41, 5.74) is 0. The van der Waals surface area contributed by atoms with Crippen LogP contribution < -0.4 is 5.32 Å². The van der Waals surface area contributed by atoms with Crippen LogP contribution in [0.5, 0.6) is 0 Å². The fraction of sp³-hybridized carbons (Fsp3) is 0.900. The quantitative estimate of drug-likeness (QED) is 0.702. The van der Waals surface area contributed by atoms with Crippen molar-refractivity contribution in [3.05, 3.63) is 0 Å². The van der Waals surface area contributed by atoms with Crippen molar-refractivity contribution in [1.29, 1.82) is 0 Å². The Bertz CT molecular complexity index is 180. The summed E-state index contributed by atoms with van der Waals surface area (Å²) in [5, 5.41) is 12.3. The van der Waals surface area contributed by atoms with Crippen LogP contribution in [0.2, 0.25) is 0 Å². The largest absolute Gasteiger partial charge is 0.481 e. The van der Waals surface area contributed by atoms with Crippen molar-refractivity contribution in [2.24, 2.45) is 5.92 Å². The maximum atomic E-state index is 10.8. The second-order valence-corrected chi connectivity index (χ2v) is 4.22. The van der Waals surface area contributed by atoms with E-state index >= 15 is 0 Å². The third-order valence-electron chi connectivity index (χ3n) is 2.59. The van der Waals surface area contributed by atoms with Gasteiger partial charge in [0.05, 0.1) is 5.92 Å². The van der Waals surface area contributed by atoms with Crippen LogP contribution in [-0.2, 0) is 4.79 Å². The van der Waals surface area contributed by atoms with Gasteiger partial charge >= 0.3 is 5.97 Å². The summed E-state index contributed by atoms with van der Waals surface area (Å²) >= 11 is 0. The van der Waals surface area contributed by atoms with E-state index in [4.69, 9.17) is 5.11 Å². The van der Waals surface area contributed by atoms with E-state index in [1.807, 2.05) is 0 Å². The van der Waals surface area contributed by atoms with E-state index in [-0.39, 0.29) is 5.92 Å². The highest BCUT2D eigenvalue weighted by Crippen LogP contribution is 2.24. The topological polar surface area (TPSA) is 49.3 Å². The Morgan fingerprint density at radius 3 is 2.69 bits per heavy atom. The maximum Gasteiger partial charge on any atom is 0.306 e. The van der Waals surface area contributed by atoms with Crippen molar-refractivity contribution in [2.45, 2.75) is 51.6 Å². The van der Waals surface area contributed by atoms with Crippen LogP contribution in [0.15, 0.2) is 0 Å². The predicted octanol–water partition coefficient (Wildman–Crippen LogP) is 1.63. The first-order chi connectivity index (χ1) is 6.09. The molecule has 0 amide bonds. The van der Waals surface area contributed by atoms with Gasteiger partial charge in [0, 0.05) is 12.1 Å². The van der Waals surface area contributed by atoms with Crippen LogP contribution in [0, 0.1) is 5.92 Å². The van der Waals surface area contributed by atoms with Gasteiger partial charge in [0.25, 0.3) is 0 Å². The molecule has 1 aliphatic carbocycles. The molecule has 0 saturated heterocycles. The molecule has 2 N–H and O–H groups in total. The van der Waals surface area contributed by atoms with Crippen molar-refractivity contribution in [3.8, 4) is 0 Å². The predicted molar refractivity (Wildman–Crippen MR) is 51.7 cm³/mol. The lowest BCUT2D eigenvalue weighted by Gasteiger charge is -2.28. The number of carboxylic acid groups (broad SMARTS) is 1. The van der Waals surface area contributed by atoms with Crippen LogP contribution in [0.4, 0.5) is 0 Å². The minimum absolute atomic E-state index is 0.120. The average molecular weight is 185 g/mol. The van der Waals surface area contributed by atoms with E-state index in [2.05, 4.69) is 19.2 Å². The highest BCUT2D eigenvalue weighted by atomic mass is 16.4. The molecule has 0 bridgehead atoms. The molecule has 3 nitrogen and oxygen atoms in total. The highest BCUT2D eigenvalue weighted by Gasteiger charge is 2.26. The monoisotopic (exact) mass is 185 g/mol. The van der Waals surface area contributed by atoms with Crippen molar-refractivity contribution in [3.63, 3.8) is 0 Å². The van der Waals surface area contributed by atoms with E-state index in [1.54, 1.807) is 0 Å². The molecule has 0 spiro atoms. The molecule has 0 aromatic heterocycles. The lowest BCUT2D eigenvalue weighted by atomic mass is 9.85. The van der Waals surface area contributed by atoms with Gasteiger partial charge in [0.1, 0.15) is 0 Å². The zero-order chi connectivity index (χ0) is 9.84. The van der Waals surface area contributed by atoms with Gasteiger partial charge in [-0.05, 0) is 19.3 Å². The van der Waals surface area contributed by atoms with Gasteiger partial charge in [-0.15, -0.1) is 0 Å². The minimum Gasteiger partial charge on any atom is -0.481 e. The highest BCUT2D eigenvalue weighted by molar-refractivity contribution is 5.70. The van der Waals surface area contributed by atoms with Gasteiger partial charge in [0.2, 0.25) is 0 Å². The molecule has 76 valence electrons. The molecule has 13 heavy (non-hydrogen) atoms. The van der Waals surface area contributed by atoms with E-state index in [9.17, 15) is 4.79 Å². The van der Waals surface area contributed by atoms with Crippen LogP contribution >= 0.6 is 0 Å². The number of carboxylic acids is 1. The number of rotatable bonds is 3. The van der Waals surface area contributed by atoms with Crippen molar-refractivity contribution < 1.29 is 9.90 Å². The second-order valence-electron chi connectivity index (χ2n) is 4.22. The van der Waals surface area contributed by atoms with Gasteiger partial charge in [-0.25, -0.2) is 0 Å². The van der Waals surface area contributed by atoms with E-state index in [0.717, 1.165) is 25.7 Å². The van der Waals surface area contributed by atoms with Crippen LogP contribution in [-0.4, -0.2) is 23.2 Å². The molecule has 1 saturated carbocycles. The smallest absolute Gasteiger partial charge is 0.306 e. The van der Waals surface area contributed by atoms with Crippen LogP contribution in [0.1, 0.15) is 39.5 Å². The third kappa shape index (κ3) is 3.35. The lowest BCUT2D eigenvalue weighted by molar-refractivity contribution is -0.143. The summed E-state index contributed by atoms with van der Waals surface area (Å²) in [5.74, 6) is -0.750.